The number of nitrogens with one attached hydrogen (secondary N) is 2. The van der Waals surface area contributed by atoms with Gasteiger partial charge in [0.1, 0.15) is 5.56 Å². The Labute approximate surface area is 218 Å². The first kappa shape index (κ1) is 30.1. The number of methoxy groups -OCH3 is 1. The van der Waals surface area contributed by atoms with Gasteiger partial charge < -0.3 is 24.6 Å². The molecule has 0 saturated carbocycles. The first-order valence-corrected chi connectivity index (χ1v) is 11.8. The van der Waals surface area contributed by atoms with E-state index < -0.39 is 40.8 Å². The van der Waals surface area contributed by atoms with E-state index >= 15 is 0 Å². The molecule has 0 spiro atoms. The summed E-state index contributed by atoms with van der Waals surface area (Å²) < 4.78 is 88.6. The van der Waals surface area contributed by atoms with Gasteiger partial charge in [-0.3, -0.25) is 9.59 Å². The molecule has 216 valence electrons. The molecule has 3 heterocycles. The molecule has 2 aromatic rings. The quantitative estimate of drug-likeness (QED) is 0.311. The fourth-order valence-electron chi connectivity index (χ4n) is 3.80. The van der Waals surface area contributed by atoms with Crippen molar-refractivity contribution in [3.8, 4) is 0 Å². The van der Waals surface area contributed by atoms with Crippen LogP contribution >= 0.6 is 0 Å². The number of halogens is 6. The Morgan fingerprint density at radius 1 is 1.05 bits per heavy atom. The Balaban J connectivity index is 1.47. The summed E-state index contributed by atoms with van der Waals surface area (Å²) in [5.41, 5.74) is -4.23. The van der Waals surface area contributed by atoms with Crippen LogP contribution in [0, 0.1) is 0 Å². The Bertz CT molecular complexity index is 1140. The Hall–Kier alpha value is -3.47. The van der Waals surface area contributed by atoms with Gasteiger partial charge in [0.05, 0.1) is 43.1 Å². The molecule has 0 aliphatic carbocycles. The Morgan fingerprint density at radius 3 is 2.31 bits per heavy atom. The third-order valence-corrected chi connectivity index (χ3v) is 5.83. The van der Waals surface area contributed by atoms with Gasteiger partial charge in [-0.1, -0.05) is 0 Å². The zero-order chi connectivity index (χ0) is 28.6. The van der Waals surface area contributed by atoms with Crippen molar-refractivity contribution in [3.63, 3.8) is 0 Å². The second kappa shape index (κ2) is 13.1. The summed E-state index contributed by atoms with van der Waals surface area (Å²) >= 11 is 0. The third kappa shape index (κ3) is 8.51. The molecule has 2 N–H and O–H groups in total. The Kier molecular flexibility index (Phi) is 10.1. The maximum atomic E-state index is 13.3. The molecule has 0 aromatic carbocycles. The zero-order valence-electron chi connectivity index (χ0n) is 20.8. The van der Waals surface area contributed by atoms with Crippen molar-refractivity contribution in [1.82, 2.24) is 25.1 Å². The molecule has 2 aromatic heterocycles. The summed E-state index contributed by atoms with van der Waals surface area (Å²) in [7, 11) is 1.43. The lowest BCUT2D eigenvalue weighted by Crippen LogP contribution is -2.49. The van der Waals surface area contributed by atoms with Gasteiger partial charge in [0.25, 0.3) is 5.56 Å². The largest absolute Gasteiger partial charge is 0.423 e. The van der Waals surface area contributed by atoms with E-state index in [2.05, 4.69) is 20.4 Å². The van der Waals surface area contributed by atoms with Gasteiger partial charge in [0, 0.05) is 52.3 Å². The molecule has 1 saturated heterocycles. The van der Waals surface area contributed by atoms with E-state index in [9.17, 15) is 35.9 Å². The lowest BCUT2D eigenvalue weighted by Gasteiger charge is -2.34. The fourth-order valence-corrected chi connectivity index (χ4v) is 3.80. The standard InChI is InChI=1S/C22H27F6N7O4/c1-38-8-2-15(32-16-12-31-33-19(37)18(16)22(26,27)28)13-39-9-3-17(36)34-4-6-35(7-5-34)20-29-10-14(11-30-20)21(23,24)25/h10-12,15H,2-9,13H2,1H3,(H2,32,33,37). The number of aromatic amines is 1. The summed E-state index contributed by atoms with van der Waals surface area (Å²) in [6.45, 7) is 1.38. The number of anilines is 2. The molecule has 1 unspecified atom stereocenters. The van der Waals surface area contributed by atoms with Gasteiger partial charge >= 0.3 is 12.4 Å². The SMILES string of the molecule is COCCC(COCCC(=O)N1CCN(c2ncc(C(F)(F)F)cn2)CC1)Nc1cn[nH]c(=O)c1C(F)(F)F. The van der Waals surface area contributed by atoms with Crippen LogP contribution in [0.1, 0.15) is 24.0 Å². The second-order valence-corrected chi connectivity index (χ2v) is 8.57. The molecule has 0 radical (unpaired) electrons. The number of nitrogens with zero attached hydrogens (tertiary/aromatic N) is 5. The lowest BCUT2D eigenvalue weighted by atomic mass is 10.2. The molecule has 1 amide bonds. The van der Waals surface area contributed by atoms with Crippen LogP contribution in [0.3, 0.4) is 0 Å². The summed E-state index contributed by atoms with van der Waals surface area (Å²) in [5.74, 6) is -0.0835. The number of carbonyl (C=O) groups is 1. The summed E-state index contributed by atoms with van der Waals surface area (Å²) in [6.07, 6.45) is -6.89. The molecule has 1 fully saturated rings. The predicted molar refractivity (Wildman–Crippen MR) is 125 cm³/mol. The molecular formula is C22H27F6N7O4. The first-order valence-electron chi connectivity index (χ1n) is 11.8. The molecule has 1 aliphatic rings. The number of rotatable bonds is 11. The van der Waals surface area contributed by atoms with Gasteiger partial charge in [-0.25, -0.2) is 15.1 Å². The highest BCUT2D eigenvalue weighted by atomic mass is 19.4. The summed E-state index contributed by atoms with van der Waals surface area (Å²) in [4.78, 5) is 35.0. The van der Waals surface area contributed by atoms with Gasteiger partial charge in [-0.05, 0) is 6.42 Å². The molecule has 0 bridgehead atoms. The van der Waals surface area contributed by atoms with Gasteiger partial charge in [-0.15, -0.1) is 0 Å². The van der Waals surface area contributed by atoms with Crippen LogP contribution in [-0.4, -0.2) is 90.1 Å². The molecule has 11 nitrogen and oxygen atoms in total. The van der Waals surface area contributed by atoms with E-state index in [1.165, 1.54) is 7.11 Å². The van der Waals surface area contributed by atoms with Crippen molar-refractivity contribution in [2.45, 2.75) is 31.2 Å². The number of carbonyl (C=O) groups excluding carboxylic acids is 1. The third-order valence-electron chi connectivity index (χ3n) is 5.83. The van der Waals surface area contributed by atoms with Gasteiger partial charge in [0.2, 0.25) is 11.9 Å². The normalized spacial score (nSPS) is 15.4. The highest BCUT2D eigenvalue weighted by molar-refractivity contribution is 5.76. The maximum Gasteiger partial charge on any atom is 0.423 e. The van der Waals surface area contributed by atoms with Gasteiger partial charge in [0.15, 0.2) is 0 Å². The van der Waals surface area contributed by atoms with Crippen LogP contribution in [0.5, 0.6) is 0 Å². The van der Waals surface area contributed by atoms with E-state index in [1.807, 2.05) is 0 Å². The van der Waals surface area contributed by atoms with Crippen LogP contribution in [-0.2, 0) is 26.6 Å². The average molecular weight is 567 g/mol. The average Bonchev–Trinajstić information content (AvgIpc) is 2.88. The van der Waals surface area contributed by atoms with Crippen molar-refractivity contribution < 1.29 is 40.6 Å². The van der Waals surface area contributed by atoms with Crippen molar-refractivity contribution in [3.05, 3.63) is 40.1 Å². The van der Waals surface area contributed by atoms with E-state index in [1.54, 1.807) is 14.9 Å². The monoisotopic (exact) mass is 567 g/mol. The fraction of sp³-hybridized carbons (Fsp3) is 0.591. The number of hydrogen-bond acceptors (Lipinski definition) is 9. The van der Waals surface area contributed by atoms with Crippen LogP contribution in [0.25, 0.3) is 0 Å². The predicted octanol–water partition coefficient (Wildman–Crippen LogP) is 2.17. The van der Waals surface area contributed by atoms with Crippen molar-refractivity contribution in [2.24, 2.45) is 0 Å². The van der Waals surface area contributed by atoms with E-state index in [0.717, 1.165) is 6.20 Å². The van der Waals surface area contributed by atoms with Crippen LogP contribution in [0.2, 0.25) is 0 Å². The summed E-state index contributed by atoms with van der Waals surface area (Å²) in [6, 6.07) is -0.669. The highest BCUT2D eigenvalue weighted by Crippen LogP contribution is 2.32. The van der Waals surface area contributed by atoms with Gasteiger partial charge in [-0.2, -0.15) is 31.4 Å². The van der Waals surface area contributed by atoms with Crippen LogP contribution in [0.15, 0.2) is 23.4 Å². The minimum absolute atomic E-state index is 0.00796. The highest BCUT2D eigenvalue weighted by Gasteiger charge is 2.38. The minimum Gasteiger partial charge on any atom is -0.385 e. The minimum atomic E-state index is -4.90. The number of alkyl halides is 6. The number of hydrogen-bond donors (Lipinski definition) is 2. The second-order valence-electron chi connectivity index (χ2n) is 8.57. The maximum absolute atomic E-state index is 13.3. The van der Waals surface area contributed by atoms with E-state index in [4.69, 9.17) is 9.47 Å². The molecular weight excluding hydrogens is 540 g/mol. The molecule has 17 heteroatoms. The molecule has 39 heavy (non-hydrogen) atoms. The van der Waals surface area contributed by atoms with Crippen molar-refractivity contribution >= 4 is 17.5 Å². The number of H-pyrrole nitrogens is 1. The molecule has 1 aliphatic heterocycles. The lowest BCUT2D eigenvalue weighted by molar-refractivity contribution is -0.139. The van der Waals surface area contributed by atoms with Crippen LogP contribution < -0.4 is 15.8 Å². The van der Waals surface area contributed by atoms with Crippen molar-refractivity contribution in [2.75, 3.05) is 63.3 Å². The number of aromatic nitrogens is 4. The van der Waals surface area contributed by atoms with Crippen LogP contribution in [0.4, 0.5) is 38.0 Å². The zero-order valence-corrected chi connectivity index (χ0v) is 20.8. The Morgan fingerprint density at radius 2 is 1.72 bits per heavy atom. The summed E-state index contributed by atoms with van der Waals surface area (Å²) in [5, 5.41) is 7.82. The number of piperazine rings is 1. The van der Waals surface area contributed by atoms with Crippen molar-refractivity contribution in [1.29, 1.82) is 0 Å². The topological polar surface area (TPSA) is 126 Å². The van der Waals surface area contributed by atoms with E-state index in [-0.39, 0.29) is 44.5 Å². The smallest absolute Gasteiger partial charge is 0.385 e. The first-order chi connectivity index (χ1) is 18.4. The number of ether oxygens (including phenoxy) is 2. The van der Waals surface area contributed by atoms with E-state index in [0.29, 0.717) is 38.6 Å². The molecule has 1 atom stereocenters. The number of amides is 1. The molecule has 3 rings (SSSR count).